The molecule has 100 valence electrons. The quantitative estimate of drug-likeness (QED) is 0.914. The van der Waals surface area contributed by atoms with Crippen molar-refractivity contribution in [2.24, 2.45) is 0 Å². The van der Waals surface area contributed by atoms with E-state index in [1.165, 1.54) is 17.3 Å². The minimum atomic E-state index is -0.282. The van der Waals surface area contributed by atoms with Crippen molar-refractivity contribution in [1.82, 2.24) is 9.97 Å². The van der Waals surface area contributed by atoms with Crippen LogP contribution in [0.1, 0.15) is 16.1 Å². The Labute approximate surface area is 116 Å². The zero-order valence-corrected chi connectivity index (χ0v) is 11.2. The number of rotatable bonds is 3. The second-order valence-corrected chi connectivity index (χ2v) is 4.06. The van der Waals surface area contributed by atoms with Crippen molar-refractivity contribution in [2.75, 3.05) is 24.3 Å². The van der Waals surface area contributed by atoms with Gasteiger partial charge in [0.1, 0.15) is 11.5 Å². The third-order valence-corrected chi connectivity index (χ3v) is 2.79. The molecule has 2 rings (SSSR count). The average molecular weight is 267 g/mol. The summed E-state index contributed by atoms with van der Waals surface area (Å²) in [5, 5.41) is 11.7. The number of nitrogens with zero attached hydrogens (tertiary/aromatic N) is 4. The fourth-order valence-corrected chi connectivity index (χ4v) is 1.64. The second-order valence-electron chi connectivity index (χ2n) is 4.06. The summed E-state index contributed by atoms with van der Waals surface area (Å²) in [6.45, 7) is 0. The van der Waals surface area contributed by atoms with Gasteiger partial charge in [-0.2, -0.15) is 5.26 Å². The molecule has 0 radical (unpaired) electrons. The highest BCUT2D eigenvalue weighted by Gasteiger charge is 2.15. The van der Waals surface area contributed by atoms with Crippen LogP contribution in [0.4, 0.5) is 11.5 Å². The number of hydrogen-bond donors (Lipinski definition) is 1. The molecule has 0 saturated carbocycles. The van der Waals surface area contributed by atoms with Gasteiger partial charge in [-0.3, -0.25) is 4.79 Å². The molecule has 0 fully saturated rings. The Morgan fingerprint density at radius 1 is 1.35 bits per heavy atom. The maximum Gasteiger partial charge on any atom is 0.278 e. The van der Waals surface area contributed by atoms with E-state index in [9.17, 15) is 4.79 Å². The van der Waals surface area contributed by atoms with Gasteiger partial charge in [0.2, 0.25) is 0 Å². The first-order valence-corrected chi connectivity index (χ1v) is 5.93. The zero-order chi connectivity index (χ0) is 14.5. The number of nitriles is 1. The number of hydrogen-bond acceptors (Lipinski definition) is 5. The smallest absolute Gasteiger partial charge is 0.278 e. The van der Waals surface area contributed by atoms with Gasteiger partial charge in [-0.25, -0.2) is 9.97 Å². The number of anilines is 2. The van der Waals surface area contributed by atoms with Crippen LogP contribution in [0.5, 0.6) is 0 Å². The molecule has 0 spiro atoms. The topological polar surface area (TPSA) is 81.9 Å². The molecule has 0 aliphatic heterocycles. The maximum atomic E-state index is 12.3. The molecule has 0 aliphatic carbocycles. The summed E-state index contributed by atoms with van der Waals surface area (Å²) in [6.07, 6.45) is 2.91. The van der Waals surface area contributed by atoms with Gasteiger partial charge < -0.3 is 10.2 Å². The van der Waals surface area contributed by atoms with Gasteiger partial charge in [0.25, 0.3) is 5.91 Å². The van der Waals surface area contributed by atoms with Crippen LogP contribution in [0, 0.1) is 11.3 Å². The Balaban J connectivity index is 2.25. The lowest BCUT2D eigenvalue weighted by Gasteiger charge is -2.16. The van der Waals surface area contributed by atoms with Gasteiger partial charge in [0.15, 0.2) is 0 Å². The van der Waals surface area contributed by atoms with Crippen molar-refractivity contribution in [2.45, 2.75) is 0 Å². The predicted molar refractivity (Wildman–Crippen MR) is 75.5 cm³/mol. The van der Waals surface area contributed by atoms with Crippen LogP contribution in [0.25, 0.3) is 0 Å². The van der Waals surface area contributed by atoms with E-state index in [0.717, 1.165) is 0 Å². The van der Waals surface area contributed by atoms with E-state index in [0.29, 0.717) is 17.1 Å². The Kier molecular flexibility index (Phi) is 3.91. The molecule has 2 aromatic rings. The number of benzene rings is 1. The van der Waals surface area contributed by atoms with Gasteiger partial charge in [-0.1, -0.05) is 6.07 Å². The van der Waals surface area contributed by atoms with Crippen molar-refractivity contribution < 1.29 is 4.79 Å². The monoisotopic (exact) mass is 267 g/mol. The summed E-state index contributed by atoms with van der Waals surface area (Å²) in [4.78, 5) is 21.8. The molecule has 20 heavy (non-hydrogen) atoms. The summed E-state index contributed by atoms with van der Waals surface area (Å²) in [6, 6.07) is 8.86. The van der Waals surface area contributed by atoms with E-state index in [2.05, 4.69) is 15.3 Å². The first-order valence-electron chi connectivity index (χ1n) is 5.93. The molecule has 1 aromatic heterocycles. The summed E-state index contributed by atoms with van der Waals surface area (Å²) in [5.74, 6) is 0.311. The summed E-state index contributed by atoms with van der Waals surface area (Å²) in [5.41, 5.74) is 1.38. The molecule has 1 aromatic carbocycles. The number of nitrogens with one attached hydrogen (secondary N) is 1. The van der Waals surface area contributed by atoms with E-state index >= 15 is 0 Å². The highest BCUT2D eigenvalue weighted by atomic mass is 16.2. The molecule has 1 amide bonds. The van der Waals surface area contributed by atoms with E-state index in [1.54, 1.807) is 38.4 Å². The highest BCUT2D eigenvalue weighted by Crippen LogP contribution is 2.16. The van der Waals surface area contributed by atoms with Crippen LogP contribution in [-0.2, 0) is 0 Å². The third kappa shape index (κ3) is 2.72. The minimum Gasteiger partial charge on any atom is -0.372 e. The first-order chi connectivity index (χ1) is 9.65. The Morgan fingerprint density at radius 3 is 2.75 bits per heavy atom. The van der Waals surface area contributed by atoms with Gasteiger partial charge in [0, 0.05) is 19.8 Å². The van der Waals surface area contributed by atoms with Gasteiger partial charge in [-0.05, 0) is 18.2 Å². The molecule has 0 atom stereocenters. The van der Waals surface area contributed by atoms with Crippen molar-refractivity contribution in [1.29, 1.82) is 5.26 Å². The molecule has 0 saturated heterocycles. The normalized spacial score (nSPS) is 9.65. The molecule has 0 unspecified atom stereocenters. The molecule has 1 heterocycles. The van der Waals surface area contributed by atoms with Gasteiger partial charge in [-0.15, -0.1) is 0 Å². The van der Waals surface area contributed by atoms with Crippen molar-refractivity contribution in [3.05, 3.63) is 47.9 Å². The average Bonchev–Trinajstić information content (AvgIpc) is 2.53. The van der Waals surface area contributed by atoms with E-state index in [1.807, 2.05) is 6.07 Å². The molecule has 0 bridgehead atoms. The van der Waals surface area contributed by atoms with E-state index in [-0.39, 0.29) is 11.6 Å². The maximum absolute atomic E-state index is 12.3. The Bertz CT molecular complexity index is 660. The standard InChI is InChI=1S/C14H13N5O/c1-16-13-9-17-12(8-18-13)14(20)19(2)11-5-3-4-10(6-11)7-15/h3-6,8-9H,1-2H3,(H,16,18). The third-order valence-electron chi connectivity index (χ3n) is 2.79. The fraction of sp³-hybridized carbons (Fsp3) is 0.143. The van der Waals surface area contributed by atoms with Crippen molar-refractivity contribution >= 4 is 17.4 Å². The lowest BCUT2D eigenvalue weighted by molar-refractivity contribution is 0.0988. The Hall–Kier alpha value is -2.94. The number of amides is 1. The van der Waals surface area contributed by atoms with Crippen molar-refractivity contribution in [3.63, 3.8) is 0 Å². The summed E-state index contributed by atoms with van der Waals surface area (Å²) < 4.78 is 0. The molecular formula is C14H13N5O. The fourth-order valence-electron chi connectivity index (χ4n) is 1.64. The molecule has 6 nitrogen and oxygen atoms in total. The SMILES string of the molecule is CNc1cnc(C(=O)N(C)c2cccc(C#N)c2)cn1. The van der Waals surface area contributed by atoms with Crippen LogP contribution < -0.4 is 10.2 Å². The van der Waals surface area contributed by atoms with Crippen molar-refractivity contribution in [3.8, 4) is 6.07 Å². The minimum absolute atomic E-state index is 0.244. The van der Waals surface area contributed by atoms with Crippen LogP contribution in [0.2, 0.25) is 0 Å². The van der Waals surface area contributed by atoms with Crippen LogP contribution in [0.3, 0.4) is 0 Å². The number of carbonyl (C=O) groups excluding carboxylic acids is 1. The molecule has 0 aliphatic rings. The lowest BCUT2D eigenvalue weighted by Crippen LogP contribution is -2.27. The zero-order valence-electron chi connectivity index (χ0n) is 11.2. The summed E-state index contributed by atoms with van der Waals surface area (Å²) >= 11 is 0. The summed E-state index contributed by atoms with van der Waals surface area (Å²) in [7, 11) is 3.36. The molecule has 1 N–H and O–H groups in total. The van der Waals surface area contributed by atoms with E-state index in [4.69, 9.17) is 5.26 Å². The van der Waals surface area contributed by atoms with Crippen LogP contribution in [-0.4, -0.2) is 30.0 Å². The van der Waals surface area contributed by atoms with Crippen LogP contribution in [0.15, 0.2) is 36.7 Å². The van der Waals surface area contributed by atoms with Gasteiger partial charge >= 0.3 is 0 Å². The number of carbonyl (C=O) groups is 1. The van der Waals surface area contributed by atoms with Gasteiger partial charge in [0.05, 0.1) is 24.0 Å². The van der Waals surface area contributed by atoms with Crippen LogP contribution >= 0.6 is 0 Å². The first kappa shape index (κ1) is 13.5. The van der Waals surface area contributed by atoms with E-state index < -0.39 is 0 Å². The molecule has 6 heteroatoms. The highest BCUT2D eigenvalue weighted by molar-refractivity contribution is 6.04. The predicted octanol–water partition coefficient (Wildman–Crippen LogP) is 1.67. The second kappa shape index (κ2) is 5.80. The number of aromatic nitrogens is 2. The Morgan fingerprint density at radius 2 is 2.15 bits per heavy atom. The largest absolute Gasteiger partial charge is 0.372 e. The molecular weight excluding hydrogens is 254 g/mol. The lowest BCUT2D eigenvalue weighted by atomic mass is 10.2.